The number of methoxy groups -OCH3 is 1. The van der Waals surface area contributed by atoms with E-state index in [4.69, 9.17) is 9.47 Å². The molecule has 4 heterocycles. The molecule has 0 unspecified atom stereocenters. The molecule has 3 aliphatic heterocycles. The Morgan fingerprint density at radius 1 is 0.957 bits per heavy atom. The van der Waals surface area contributed by atoms with Crippen LogP contribution >= 0.6 is 0 Å². The molecule has 3 aromatic rings. The van der Waals surface area contributed by atoms with Crippen molar-refractivity contribution in [2.24, 2.45) is 0 Å². The van der Waals surface area contributed by atoms with E-state index < -0.39 is 16.1 Å². The Labute approximate surface area is 270 Å². The van der Waals surface area contributed by atoms with E-state index in [1.54, 1.807) is 19.2 Å². The van der Waals surface area contributed by atoms with Crippen molar-refractivity contribution in [1.29, 1.82) is 0 Å². The number of nitrogens with zero attached hydrogens (tertiary/aromatic N) is 3. The normalized spacial score (nSPS) is 22.3. The fourth-order valence-electron chi connectivity index (χ4n) is 7.63. The number of aromatic nitrogens is 1. The molecule has 2 amide bonds. The number of benzene rings is 2. The van der Waals surface area contributed by atoms with Gasteiger partial charge in [0.05, 0.1) is 31.6 Å². The van der Waals surface area contributed by atoms with Crippen molar-refractivity contribution in [1.82, 2.24) is 18.5 Å². The molecule has 11 heteroatoms. The Morgan fingerprint density at radius 3 is 2.37 bits per heavy atom. The van der Waals surface area contributed by atoms with Crippen LogP contribution in [0.4, 0.5) is 0 Å². The zero-order valence-corrected chi connectivity index (χ0v) is 27.6. The van der Waals surface area contributed by atoms with Gasteiger partial charge in [0.15, 0.2) is 0 Å². The molecule has 10 nitrogen and oxygen atoms in total. The number of nitrogens with one attached hydrogen (secondary N) is 1. The Kier molecular flexibility index (Phi) is 8.19. The second-order valence-corrected chi connectivity index (χ2v) is 14.9. The second-order valence-electron chi connectivity index (χ2n) is 13.2. The van der Waals surface area contributed by atoms with E-state index >= 15 is 0 Å². The van der Waals surface area contributed by atoms with E-state index in [1.165, 1.54) is 16.3 Å². The summed E-state index contributed by atoms with van der Waals surface area (Å²) in [5, 5.41) is 1.04. The van der Waals surface area contributed by atoms with Gasteiger partial charge >= 0.3 is 10.2 Å². The minimum absolute atomic E-state index is 0.0424. The number of fused-ring (bicyclic) bond motifs is 5. The molecule has 2 saturated heterocycles. The largest absolute Gasteiger partial charge is 0.497 e. The summed E-state index contributed by atoms with van der Waals surface area (Å²) in [6, 6.07) is 11.5. The minimum Gasteiger partial charge on any atom is -0.497 e. The van der Waals surface area contributed by atoms with Crippen molar-refractivity contribution in [2.75, 3.05) is 33.3 Å². The van der Waals surface area contributed by atoms with Gasteiger partial charge in [-0.2, -0.15) is 12.7 Å². The summed E-state index contributed by atoms with van der Waals surface area (Å²) in [6.45, 7) is 6.12. The van der Waals surface area contributed by atoms with Crippen LogP contribution in [0.3, 0.4) is 0 Å². The number of hydrogen-bond acceptors (Lipinski definition) is 6. The highest BCUT2D eigenvalue weighted by molar-refractivity contribution is 7.87. The first kappa shape index (κ1) is 31.0. The topological polar surface area (TPSA) is 110 Å². The molecular formula is C35H42N4O6S. The van der Waals surface area contributed by atoms with Crippen LogP contribution in [-0.4, -0.2) is 79.5 Å². The van der Waals surface area contributed by atoms with Crippen LogP contribution in [-0.2, 0) is 26.3 Å². The fraction of sp³-hybridized carbons (Fsp3) is 0.486. The van der Waals surface area contributed by atoms with Gasteiger partial charge in [0.25, 0.3) is 11.8 Å². The maximum atomic E-state index is 14.3. The molecule has 0 bridgehead atoms. The Bertz CT molecular complexity index is 1830. The van der Waals surface area contributed by atoms with Crippen LogP contribution in [0.1, 0.15) is 79.8 Å². The zero-order valence-electron chi connectivity index (χ0n) is 26.8. The SMILES string of the molecule is COc1ccc2c(c1)C=C(C(=O)N1C[C@@H](C)O[C@@H](C)C1)Cn1c-2c(C2CCCCC2)c2ccc(C(=O)NS(=O)(=O)N3CCC3)cc21. The molecule has 7 rings (SSSR count). The van der Waals surface area contributed by atoms with Crippen LogP contribution in [0.25, 0.3) is 28.2 Å². The third-order valence-electron chi connectivity index (χ3n) is 9.91. The molecule has 1 saturated carbocycles. The predicted octanol–water partition coefficient (Wildman–Crippen LogP) is 5.08. The average Bonchev–Trinajstić information content (AvgIpc) is 3.21. The van der Waals surface area contributed by atoms with Crippen LogP contribution in [0, 0.1) is 0 Å². The van der Waals surface area contributed by atoms with E-state index in [-0.39, 0.29) is 23.7 Å². The highest BCUT2D eigenvalue weighted by Gasteiger charge is 2.34. The Balaban J connectivity index is 1.39. The lowest BCUT2D eigenvalue weighted by Gasteiger charge is -2.35. The summed E-state index contributed by atoms with van der Waals surface area (Å²) in [6.07, 6.45) is 8.28. The van der Waals surface area contributed by atoms with Crippen LogP contribution in [0.5, 0.6) is 5.75 Å². The lowest BCUT2D eigenvalue weighted by Crippen LogP contribution is -2.49. The number of carbonyl (C=O) groups excluding carboxylic acids is 2. The second kappa shape index (κ2) is 12.2. The van der Waals surface area contributed by atoms with E-state index in [9.17, 15) is 18.0 Å². The quantitative estimate of drug-likeness (QED) is 0.400. The smallest absolute Gasteiger partial charge is 0.304 e. The number of rotatable bonds is 6. The molecule has 1 aliphatic carbocycles. The minimum atomic E-state index is -3.90. The average molecular weight is 647 g/mol. The van der Waals surface area contributed by atoms with Crippen LogP contribution in [0.2, 0.25) is 0 Å². The van der Waals surface area contributed by atoms with Gasteiger partial charge < -0.3 is 18.9 Å². The van der Waals surface area contributed by atoms with Crippen molar-refractivity contribution in [3.05, 3.63) is 58.7 Å². The van der Waals surface area contributed by atoms with Crippen molar-refractivity contribution < 1.29 is 27.5 Å². The molecule has 244 valence electrons. The summed E-state index contributed by atoms with van der Waals surface area (Å²) in [7, 11) is -2.26. The van der Waals surface area contributed by atoms with Crippen molar-refractivity contribution in [2.45, 2.75) is 77.0 Å². The van der Waals surface area contributed by atoms with Crippen LogP contribution < -0.4 is 9.46 Å². The number of carbonyl (C=O) groups is 2. The highest BCUT2D eigenvalue weighted by atomic mass is 32.2. The first-order valence-electron chi connectivity index (χ1n) is 16.4. The molecule has 1 aromatic heterocycles. The van der Waals surface area contributed by atoms with Gasteiger partial charge in [-0.1, -0.05) is 25.3 Å². The number of amides is 2. The summed E-state index contributed by atoms with van der Waals surface area (Å²) in [5.41, 5.74) is 5.92. The van der Waals surface area contributed by atoms with Crippen molar-refractivity contribution in [3.63, 3.8) is 0 Å². The summed E-state index contributed by atoms with van der Waals surface area (Å²) in [4.78, 5) is 29.5. The Hall–Kier alpha value is -3.67. The molecule has 2 aromatic carbocycles. The summed E-state index contributed by atoms with van der Waals surface area (Å²) in [5.74, 6) is 0.332. The fourth-order valence-corrected chi connectivity index (χ4v) is 8.85. The number of ether oxygens (including phenoxy) is 2. The zero-order chi connectivity index (χ0) is 32.2. The monoisotopic (exact) mass is 646 g/mol. The Morgan fingerprint density at radius 2 is 1.70 bits per heavy atom. The van der Waals surface area contributed by atoms with Crippen molar-refractivity contribution in [3.8, 4) is 17.0 Å². The molecule has 2 atom stereocenters. The molecule has 46 heavy (non-hydrogen) atoms. The molecule has 0 spiro atoms. The van der Waals surface area contributed by atoms with Gasteiger partial charge in [-0.25, -0.2) is 4.72 Å². The lowest BCUT2D eigenvalue weighted by atomic mass is 9.81. The number of hydrogen-bond donors (Lipinski definition) is 1. The maximum absolute atomic E-state index is 14.3. The van der Waals surface area contributed by atoms with Crippen LogP contribution in [0.15, 0.2) is 42.0 Å². The van der Waals surface area contributed by atoms with E-state index in [2.05, 4.69) is 15.4 Å². The first-order valence-corrected chi connectivity index (χ1v) is 17.9. The van der Waals surface area contributed by atoms with Crippen molar-refractivity contribution >= 4 is 39.0 Å². The molecule has 0 radical (unpaired) electrons. The third-order valence-corrected chi connectivity index (χ3v) is 11.4. The van der Waals surface area contributed by atoms with Gasteiger partial charge in [0, 0.05) is 53.8 Å². The highest BCUT2D eigenvalue weighted by Crippen LogP contribution is 2.47. The predicted molar refractivity (Wildman–Crippen MR) is 177 cm³/mol. The third kappa shape index (κ3) is 5.62. The molecule has 1 N–H and O–H groups in total. The number of morpholine rings is 1. The van der Waals surface area contributed by atoms with Gasteiger partial charge in [-0.3, -0.25) is 9.59 Å². The van der Waals surface area contributed by atoms with Gasteiger partial charge in [0.1, 0.15) is 5.75 Å². The molecule has 4 aliphatic rings. The van der Waals surface area contributed by atoms with E-state index in [0.717, 1.165) is 59.8 Å². The van der Waals surface area contributed by atoms with E-state index in [1.807, 2.05) is 43.0 Å². The van der Waals surface area contributed by atoms with E-state index in [0.29, 0.717) is 50.0 Å². The van der Waals surface area contributed by atoms with Gasteiger partial charge in [-0.15, -0.1) is 0 Å². The van der Waals surface area contributed by atoms with Gasteiger partial charge in [0.2, 0.25) is 0 Å². The first-order chi connectivity index (χ1) is 22.1. The summed E-state index contributed by atoms with van der Waals surface area (Å²) < 4.78 is 42.8. The standard InChI is InChI=1S/C35H42N4O6S/c1-22-19-37(20-23(2)45-22)35(41)27-16-26-17-28(44-3)11-13-29(26)33-32(24-8-5-4-6-9-24)30-12-10-25(18-31(30)39(33)21-27)34(40)36-46(42,43)38-14-7-15-38/h10-13,16-18,22-24H,4-9,14-15,19-21H2,1-3H3,(H,36,40)/t22-,23+. The lowest BCUT2D eigenvalue weighted by molar-refractivity contribution is -0.139. The maximum Gasteiger partial charge on any atom is 0.304 e. The molecule has 3 fully saturated rings. The molecular weight excluding hydrogens is 604 g/mol. The van der Waals surface area contributed by atoms with Gasteiger partial charge in [-0.05, 0) is 86.6 Å². The summed E-state index contributed by atoms with van der Waals surface area (Å²) >= 11 is 0.